The number of rotatable bonds is 7. The molecule has 0 amide bonds. The van der Waals surface area contributed by atoms with Gasteiger partial charge in [-0.3, -0.25) is 0 Å². The van der Waals surface area contributed by atoms with Gasteiger partial charge in [0.15, 0.2) is 0 Å². The quantitative estimate of drug-likeness (QED) is 0.777. The normalized spacial score (nSPS) is 16.3. The van der Waals surface area contributed by atoms with Crippen LogP contribution in [0.4, 0.5) is 0 Å². The molecule has 1 N–H and O–H groups in total. The Morgan fingerprint density at radius 2 is 2.05 bits per heavy atom. The topological polar surface area (TPSA) is 30.5 Å². The van der Waals surface area contributed by atoms with Crippen molar-refractivity contribution in [1.82, 2.24) is 5.32 Å². The molecule has 1 aliphatic rings. The van der Waals surface area contributed by atoms with Crippen molar-refractivity contribution in [2.45, 2.75) is 44.8 Å². The van der Waals surface area contributed by atoms with Crippen LogP contribution < -0.4 is 10.1 Å². The van der Waals surface area contributed by atoms with Crippen molar-refractivity contribution >= 4 is 11.6 Å². The predicted molar refractivity (Wildman–Crippen MR) is 82.5 cm³/mol. The molecule has 2 rings (SSSR count). The highest BCUT2D eigenvalue weighted by atomic mass is 35.5. The first-order chi connectivity index (χ1) is 9.81. The van der Waals surface area contributed by atoms with Crippen molar-refractivity contribution in [1.29, 1.82) is 0 Å². The second-order valence-corrected chi connectivity index (χ2v) is 5.67. The van der Waals surface area contributed by atoms with E-state index in [1.165, 1.54) is 19.3 Å². The van der Waals surface area contributed by atoms with Gasteiger partial charge in [0.2, 0.25) is 0 Å². The number of benzene rings is 1. The van der Waals surface area contributed by atoms with E-state index in [4.69, 9.17) is 21.1 Å². The molecule has 3 nitrogen and oxygen atoms in total. The van der Waals surface area contributed by atoms with Crippen LogP contribution in [0.5, 0.6) is 5.75 Å². The zero-order chi connectivity index (χ0) is 14.2. The molecule has 0 atom stereocenters. The highest BCUT2D eigenvalue weighted by Gasteiger charge is 2.17. The molecule has 1 saturated carbocycles. The van der Waals surface area contributed by atoms with Gasteiger partial charge >= 0.3 is 0 Å². The minimum Gasteiger partial charge on any atom is -0.490 e. The second-order valence-electron chi connectivity index (χ2n) is 5.26. The largest absolute Gasteiger partial charge is 0.490 e. The lowest BCUT2D eigenvalue weighted by Crippen LogP contribution is -2.22. The summed E-state index contributed by atoms with van der Waals surface area (Å²) in [4.78, 5) is 0. The van der Waals surface area contributed by atoms with Crippen LogP contribution in [0.15, 0.2) is 18.2 Å². The third kappa shape index (κ3) is 4.65. The minimum absolute atomic E-state index is 0.347. The molecular formula is C16H24ClNO2. The zero-order valence-corrected chi connectivity index (χ0v) is 12.9. The third-order valence-corrected chi connectivity index (χ3v) is 4.06. The van der Waals surface area contributed by atoms with E-state index >= 15 is 0 Å². The molecule has 112 valence electrons. The Morgan fingerprint density at radius 1 is 1.25 bits per heavy atom. The van der Waals surface area contributed by atoms with Gasteiger partial charge in [0.1, 0.15) is 5.75 Å². The molecular weight excluding hydrogens is 274 g/mol. The van der Waals surface area contributed by atoms with Crippen molar-refractivity contribution < 1.29 is 9.47 Å². The van der Waals surface area contributed by atoms with Crippen molar-refractivity contribution in [2.24, 2.45) is 0 Å². The van der Waals surface area contributed by atoms with Crippen molar-refractivity contribution in [3.63, 3.8) is 0 Å². The third-order valence-electron chi connectivity index (χ3n) is 3.71. The molecule has 0 radical (unpaired) electrons. The minimum atomic E-state index is 0.347. The SMILES string of the molecule is COCCNCc1c(Cl)cccc1OC1CCCCC1. The molecule has 0 unspecified atom stereocenters. The van der Waals surface area contributed by atoms with E-state index in [0.29, 0.717) is 19.3 Å². The van der Waals surface area contributed by atoms with E-state index in [1.807, 2.05) is 18.2 Å². The fraction of sp³-hybridized carbons (Fsp3) is 0.625. The Balaban J connectivity index is 1.97. The van der Waals surface area contributed by atoms with Gasteiger partial charge in [-0.15, -0.1) is 0 Å². The van der Waals surface area contributed by atoms with Gasteiger partial charge in [0, 0.05) is 30.8 Å². The molecule has 0 saturated heterocycles. The summed E-state index contributed by atoms with van der Waals surface area (Å²) in [5, 5.41) is 4.10. The average molecular weight is 298 g/mol. The summed E-state index contributed by atoms with van der Waals surface area (Å²) in [6, 6.07) is 5.90. The van der Waals surface area contributed by atoms with Gasteiger partial charge in [-0.05, 0) is 37.8 Å². The lowest BCUT2D eigenvalue weighted by molar-refractivity contribution is 0.153. The summed E-state index contributed by atoms with van der Waals surface area (Å²) in [6.07, 6.45) is 6.53. The fourth-order valence-electron chi connectivity index (χ4n) is 2.57. The van der Waals surface area contributed by atoms with E-state index in [2.05, 4.69) is 5.32 Å². The van der Waals surface area contributed by atoms with Crippen molar-refractivity contribution in [3.05, 3.63) is 28.8 Å². The summed E-state index contributed by atoms with van der Waals surface area (Å²) < 4.78 is 11.2. The van der Waals surface area contributed by atoms with Crippen LogP contribution in [0, 0.1) is 0 Å². The molecule has 0 aliphatic heterocycles. The average Bonchev–Trinajstić information content (AvgIpc) is 2.47. The summed E-state index contributed by atoms with van der Waals surface area (Å²) in [7, 11) is 1.70. The van der Waals surface area contributed by atoms with E-state index in [0.717, 1.165) is 35.7 Å². The lowest BCUT2D eigenvalue weighted by Gasteiger charge is -2.24. The van der Waals surface area contributed by atoms with Crippen molar-refractivity contribution in [3.8, 4) is 5.75 Å². The maximum absolute atomic E-state index is 6.31. The van der Waals surface area contributed by atoms with Crippen LogP contribution in [0.3, 0.4) is 0 Å². The number of ether oxygens (including phenoxy) is 2. The molecule has 1 aliphatic carbocycles. The van der Waals surface area contributed by atoms with Crippen LogP contribution in [0.2, 0.25) is 5.02 Å². The highest BCUT2D eigenvalue weighted by Crippen LogP contribution is 2.30. The number of methoxy groups -OCH3 is 1. The fourth-order valence-corrected chi connectivity index (χ4v) is 2.80. The number of halogens is 1. The molecule has 0 heterocycles. The van der Waals surface area contributed by atoms with Gasteiger partial charge in [-0.1, -0.05) is 24.1 Å². The Morgan fingerprint density at radius 3 is 2.80 bits per heavy atom. The van der Waals surface area contributed by atoms with Gasteiger partial charge in [-0.2, -0.15) is 0 Å². The zero-order valence-electron chi connectivity index (χ0n) is 12.2. The van der Waals surface area contributed by atoms with Crippen molar-refractivity contribution in [2.75, 3.05) is 20.3 Å². The predicted octanol–water partition coefficient (Wildman–Crippen LogP) is 3.79. The van der Waals surface area contributed by atoms with E-state index in [1.54, 1.807) is 7.11 Å². The standard InChI is InChI=1S/C16H24ClNO2/c1-19-11-10-18-12-14-15(17)8-5-9-16(14)20-13-6-3-2-4-7-13/h5,8-9,13,18H,2-4,6-7,10-12H2,1H3. The maximum Gasteiger partial charge on any atom is 0.125 e. The summed E-state index contributed by atoms with van der Waals surface area (Å²) in [5.41, 5.74) is 1.05. The lowest BCUT2D eigenvalue weighted by atomic mass is 9.97. The molecule has 0 aromatic heterocycles. The first-order valence-corrected chi connectivity index (χ1v) is 7.82. The van der Waals surface area contributed by atoms with Crippen LogP contribution in [-0.4, -0.2) is 26.4 Å². The van der Waals surface area contributed by atoms with E-state index in [-0.39, 0.29) is 0 Å². The first kappa shape index (κ1) is 15.6. The Bertz CT molecular complexity index is 405. The second kappa shape index (κ2) is 8.50. The van der Waals surface area contributed by atoms with Gasteiger partial charge in [0.05, 0.1) is 12.7 Å². The molecule has 20 heavy (non-hydrogen) atoms. The Labute approximate surface area is 126 Å². The Hall–Kier alpha value is -0.770. The molecule has 0 bridgehead atoms. The van der Waals surface area contributed by atoms with Crippen LogP contribution >= 0.6 is 11.6 Å². The molecule has 1 aromatic carbocycles. The summed E-state index contributed by atoms with van der Waals surface area (Å²) in [6.45, 7) is 2.22. The maximum atomic E-state index is 6.31. The molecule has 1 aromatic rings. The number of hydrogen-bond donors (Lipinski definition) is 1. The van der Waals surface area contributed by atoms with Gasteiger partial charge < -0.3 is 14.8 Å². The van der Waals surface area contributed by atoms with Gasteiger partial charge in [-0.25, -0.2) is 0 Å². The Kier molecular flexibility index (Phi) is 6.64. The van der Waals surface area contributed by atoms with Gasteiger partial charge in [0.25, 0.3) is 0 Å². The number of hydrogen-bond acceptors (Lipinski definition) is 3. The molecule has 0 spiro atoms. The van der Waals surface area contributed by atoms with E-state index in [9.17, 15) is 0 Å². The monoisotopic (exact) mass is 297 g/mol. The summed E-state index contributed by atoms with van der Waals surface area (Å²) in [5.74, 6) is 0.925. The molecule has 4 heteroatoms. The smallest absolute Gasteiger partial charge is 0.125 e. The van der Waals surface area contributed by atoms with Crippen LogP contribution in [0.1, 0.15) is 37.7 Å². The summed E-state index contributed by atoms with van der Waals surface area (Å²) >= 11 is 6.31. The highest BCUT2D eigenvalue weighted by molar-refractivity contribution is 6.31. The number of nitrogens with one attached hydrogen (secondary N) is 1. The van der Waals surface area contributed by atoms with Crippen LogP contribution in [0.25, 0.3) is 0 Å². The van der Waals surface area contributed by atoms with Crippen LogP contribution in [-0.2, 0) is 11.3 Å². The molecule has 1 fully saturated rings. The van der Waals surface area contributed by atoms with E-state index < -0.39 is 0 Å². The first-order valence-electron chi connectivity index (χ1n) is 7.45.